The van der Waals surface area contributed by atoms with Crippen LogP contribution >= 0.6 is 0 Å². The number of hydrogen-bond donors (Lipinski definition) is 1. The van der Waals surface area contributed by atoms with Crippen molar-refractivity contribution < 1.29 is 21.6 Å². The predicted octanol–water partition coefficient (Wildman–Crippen LogP) is 2.27. The maximum Gasteiger partial charge on any atom is 0.417 e. The van der Waals surface area contributed by atoms with E-state index in [-0.39, 0.29) is 0 Å². The average molecular weight is 389 g/mol. The molecule has 4 rings (SSSR count). The van der Waals surface area contributed by atoms with E-state index < -0.39 is 26.7 Å². The van der Waals surface area contributed by atoms with E-state index >= 15 is 0 Å². The fraction of sp³-hybridized carbons (Fsp3) is 0.647. The van der Waals surface area contributed by atoms with Gasteiger partial charge in [0, 0.05) is 31.4 Å². The molecular formula is C17H22F3N3O2S. The SMILES string of the molecule is NS(=O)(=O)c1ccc(N2CC3CN4CCCCC4C3C2)cc1C(F)(F)F. The fourth-order valence-electron chi connectivity index (χ4n) is 4.95. The zero-order valence-corrected chi connectivity index (χ0v) is 15.1. The molecule has 3 unspecified atom stereocenters. The van der Waals surface area contributed by atoms with Gasteiger partial charge in [0.2, 0.25) is 10.0 Å². The van der Waals surface area contributed by atoms with Crippen LogP contribution in [0.25, 0.3) is 0 Å². The summed E-state index contributed by atoms with van der Waals surface area (Å²) in [6, 6.07) is 3.88. The Balaban J connectivity index is 1.62. The Morgan fingerprint density at radius 3 is 2.58 bits per heavy atom. The molecule has 9 heteroatoms. The molecule has 1 aromatic carbocycles. The van der Waals surface area contributed by atoms with E-state index in [1.54, 1.807) is 0 Å². The molecule has 0 bridgehead atoms. The zero-order chi connectivity index (χ0) is 18.7. The van der Waals surface area contributed by atoms with Gasteiger partial charge in [0.15, 0.2) is 0 Å². The molecule has 3 atom stereocenters. The van der Waals surface area contributed by atoms with Crippen LogP contribution in [-0.2, 0) is 16.2 Å². The maximum atomic E-state index is 13.4. The summed E-state index contributed by atoms with van der Waals surface area (Å²) in [5.41, 5.74) is -0.768. The zero-order valence-electron chi connectivity index (χ0n) is 14.2. The summed E-state index contributed by atoms with van der Waals surface area (Å²) in [6.45, 7) is 3.56. The van der Waals surface area contributed by atoms with Crippen molar-refractivity contribution in [2.24, 2.45) is 17.0 Å². The third-order valence-electron chi connectivity index (χ3n) is 6.06. The lowest BCUT2D eigenvalue weighted by atomic mass is 9.90. The van der Waals surface area contributed by atoms with E-state index in [9.17, 15) is 21.6 Å². The standard InChI is InChI=1S/C17H22F3N3O2S/c18-17(19,20)14-7-12(4-5-16(14)26(21,24)25)23-9-11-8-22-6-2-1-3-15(22)13(11)10-23/h4-5,7,11,13,15H,1-3,6,8-10H2,(H2,21,24,25). The number of nitrogens with two attached hydrogens (primary N) is 1. The summed E-state index contributed by atoms with van der Waals surface area (Å²) in [5, 5.41) is 4.96. The van der Waals surface area contributed by atoms with Gasteiger partial charge in [-0.2, -0.15) is 13.2 Å². The highest BCUT2D eigenvalue weighted by Crippen LogP contribution is 2.43. The Morgan fingerprint density at radius 2 is 1.88 bits per heavy atom. The van der Waals surface area contributed by atoms with Gasteiger partial charge in [-0.05, 0) is 49.4 Å². The Morgan fingerprint density at radius 1 is 1.12 bits per heavy atom. The molecule has 26 heavy (non-hydrogen) atoms. The summed E-state index contributed by atoms with van der Waals surface area (Å²) in [4.78, 5) is 3.62. The van der Waals surface area contributed by atoms with E-state index in [2.05, 4.69) is 4.90 Å². The van der Waals surface area contributed by atoms with E-state index in [0.717, 1.165) is 38.2 Å². The third-order valence-corrected chi connectivity index (χ3v) is 7.03. The van der Waals surface area contributed by atoms with Gasteiger partial charge in [0.25, 0.3) is 0 Å². The lowest BCUT2D eigenvalue weighted by Gasteiger charge is -2.33. The molecule has 3 aliphatic heterocycles. The molecule has 0 spiro atoms. The van der Waals surface area contributed by atoms with Crippen molar-refractivity contribution in [3.8, 4) is 0 Å². The Hall–Kier alpha value is -1.32. The molecule has 3 saturated heterocycles. The molecule has 144 valence electrons. The minimum atomic E-state index is -4.77. The first-order valence-electron chi connectivity index (χ1n) is 8.87. The lowest BCUT2D eigenvalue weighted by molar-refractivity contribution is -0.139. The molecule has 0 saturated carbocycles. The quantitative estimate of drug-likeness (QED) is 0.843. The molecule has 3 fully saturated rings. The molecular weight excluding hydrogens is 367 g/mol. The molecule has 0 aromatic heterocycles. The Bertz CT molecular complexity index is 812. The van der Waals surface area contributed by atoms with Crippen molar-refractivity contribution in [3.63, 3.8) is 0 Å². The first-order valence-corrected chi connectivity index (χ1v) is 10.4. The van der Waals surface area contributed by atoms with Gasteiger partial charge in [0.1, 0.15) is 0 Å². The second-order valence-corrected chi connectivity index (χ2v) is 9.14. The van der Waals surface area contributed by atoms with Crippen molar-refractivity contribution in [3.05, 3.63) is 23.8 Å². The molecule has 3 heterocycles. The number of anilines is 1. The Kier molecular flexibility index (Phi) is 4.24. The molecule has 2 N–H and O–H groups in total. The first-order chi connectivity index (χ1) is 12.1. The van der Waals surface area contributed by atoms with Crippen molar-refractivity contribution in [2.75, 3.05) is 31.1 Å². The molecule has 0 radical (unpaired) electrons. The van der Waals surface area contributed by atoms with Gasteiger partial charge >= 0.3 is 6.18 Å². The monoisotopic (exact) mass is 389 g/mol. The van der Waals surface area contributed by atoms with Gasteiger partial charge in [-0.3, -0.25) is 4.90 Å². The van der Waals surface area contributed by atoms with Crippen LogP contribution in [0.15, 0.2) is 23.1 Å². The van der Waals surface area contributed by atoms with Crippen LogP contribution in [0.5, 0.6) is 0 Å². The van der Waals surface area contributed by atoms with Crippen molar-refractivity contribution in [2.45, 2.75) is 36.4 Å². The van der Waals surface area contributed by atoms with Crippen LogP contribution < -0.4 is 10.0 Å². The minimum Gasteiger partial charge on any atom is -0.371 e. The number of nitrogens with zero attached hydrogens (tertiary/aromatic N) is 2. The highest BCUT2D eigenvalue weighted by Gasteiger charge is 2.47. The summed E-state index contributed by atoms with van der Waals surface area (Å²) in [6.07, 6.45) is -1.17. The smallest absolute Gasteiger partial charge is 0.371 e. The molecule has 0 amide bonds. The van der Waals surface area contributed by atoms with Gasteiger partial charge in [-0.15, -0.1) is 0 Å². The van der Waals surface area contributed by atoms with Crippen LogP contribution in [-0.4, -0.2) is 45.5 Å². The number of fused-ring (bicyclic) bond motifs is 3. The number of primary sulfonamides is 1. The fourth-order valence-corrected chi connectivity index (χ4v) is 5.69. The Labute approximate surface area is 151 Å². The van der Waals surface area contributed by atoms with E-state index in [1.165, 1.54) is 18.9 Å². The number of benzene rings is 1. The van der Waals surface area contributed by atoms with Crippen molar-refractivity contribution >= 4 is 15.7 Å². The van der Waals surface area contributed by atoms with Gasteiger partial charge in [-0.25, -0.2) is 13.6 Å². The number of hydrogen-bond acceptors (Lipinski definition) is 4. The average Bonchev–Trinajstić information content (AvgIpc) is 3.10. The molecule has 5 nitrogen and oxygen atoms in total. The first kappa shape index (κ1) is 18.1. The highest BCUT2D eigenvalue weighted by molar-refractivity contribution is 7.89. The van der Waals surface area contributed by atoms with Gasteiger partial charge in [0.05, 0.1) is 10.5 Å². The number of sulfonamides is 1. The number of halogens is 3. The van der Waals surface area contributed by atoms with E-state index in [1.807, 2.05) is 4.90 Å². The second kappa shape index (κ2) is 6.10. The van der Waals surface area contributed by atoms with Gasteiger partial charge in [-0.1, -0.05) is 6.42 Å². The topological polar surface area (TPSA) is 66.6 Å². The van der Waals surface area contributed by atoms with Crippen LogP contribution in [0.4, 0.5) is 18.9 Å². The molecule has 0 aliphatic carbocycles. The normalized spacial score (nSPS) is 29.7. The van der Waals surface area contributed by atoms with Crippen LogP contribution in [0.1, 0.15) is 24.8 Å². The van der Waals surface area contributed by atoms with Crippen molar-refractivity contribution in [1.82, 2.24) is 4.90 Å². The van der Waals surface area contributed by atoms with Gasteiger partial charge < -0.3 is 4.90 Å². The third kappa shape index (κ3) is 3.10. The highest BCUT2D eigenvalue weighted by atomic mass is 32.2. The second-order valence-electron chi connectivity index (χ2n) is 7.61. The number of piperidine rings is 1. The van der Waals surface area contributed by atoms with Crippen LogP contribution in [0, 0.1) is 11.8 Å². The lowest BCUT2D eigenvalue weighted by Crippen LogP contribution is -2.39. The number of rotatable bonds is 2. The predicted molar refractivity (Wildman–Crippen MR) is 91.2 cm³/mol. The summed E-state index contributed by atoms with van der Waals surface area (Å²) >= 11 is 0. The van der Waals surface area contributed by atoms with Crippen molar-refractivity contribution in [1.29, 1.82) is 0 Å². The minimum absolute atomic E-state index is 0.418. The number of alkyl halides is 3. The maximum absolute atomic E-state index is 13.4. The molecule has 3 aliphatic rings. The molecule has 1 aromatic rings. The summed E-state index contributed by atoms with van der Waals surface area (Å²) in [5.74, 6) is 0.938. The summed E-state index contributed by atoms with van der Waals surface area (Å²) in [7, 11) is -4.43. The van der Waals surface area contributed by atoms with E-state index in [0.29, 0.717) is 30.1 Å². The summed E-state index contributed by atoms with van der Waals surface area (Å²) < 4.78 is 63.1. The van der Waals surface area contributed by atoms with Crippen LogP contribution in [0.3, 0.4) is 0 Å². The van der Waals surface area contributed by atoms with E-state index in [4.69, 9.17) is 5.14 Å². The largest absolute Gasteiger partial charge is 0.417 e. The van der Waals surface area contributed by atoms with Crippen LogP contribution in [0.2, 0.25) is 0 Å².